The summed E-state index contributed by atoms with van der Waals surface area (Å²) >= 11 is 0. The highest BCUT2D eigenvalue weighted by Gasteiger charge is 2.50. The van der Waals surface area contributed by atoms with E-state index in [1.54, 1.807) is 0 Å². The summed E-state index contributed by atoms with van der Waals surface area (Å²) in [5.41, 5.74) is 0.754. The normalized spacial score (nSPS) is 21.7. The second-order valence-electron chi connectivity index (χ2n) is 5.85. The van der Waals surface area contributed by atoms with Crippen molar-refractivity contribution in [1.82, 2.24) is 0 Å². The van der Waals surface area contributed by atoms with Gasteiger partial charge in [-0.1, -0.05) is 30.3 Å². The van der Waals surface area contributed by atoms with Gasteiger partial charge in [-0.05, 0) is 46.1 Å². The lowest BCUT2D eigenvalue weighted by molar-refractivity contribution is 0.00578. The molecule has 1 aromatic rings. The van der Waals surface area contributed by atoms with Crippen LogP contribution < -0.4 is 0 Å². The summed E-state index contributed by atoms with van der Waals surface area (Å²) in [7, 11) is -1.20. The molecule has 0 radical (unpaired) electrons. The molecule has 0 aliphatic carbocycles. The van der Waals surface area contributed by atoms with Gasteiger partial charge in [-0.2, -0.15) is 0 Å². The van der Waals surface area contributed by atoms with Crippen LogP contribution in [0.4, 0.5) is 0 Å². The van der Waals surface area contributed by atoms with Crippen LogP contribution in [0.1, 0.15) is 39.7 Å². The van der Waals surface area contributed by atoms with Crippen molar-refractivity contribution in [3.05, 3.63) is 35.9 Å². The highest BCUT2D eigenvalue weighted by atomic mass is 31.2. The molecule has 106 valence electrons. The maximum atomic E-state index is 5.84. The molecule has 0 N–H and O–H groups in total. The van der Waals surface area contributed by atoms with Crippen molar-refractivity contribution in [1.29, 1.82) is 0 Å². The van der Waals surface area contributed by atoms with E-state index < -0.39 is 8.60 Å². The first-order valence-corrected chi connectivity index (χ1v) is 7.85. The summed E-state index contributed by atoms with van der Waals surface area (Å²) in [6, 6.07) is 10.4. The first-order chi connectivity index (χ1) is 8.91. The van der Waals surface area contributed by atoms with Crippen molar-refractivity contribution < 1.29 is 13.6 Å². The predicted octanol–water partition coefficient (Wildman–Crippen LogP) is 4.47. The molecule has 0 amide bonds. The maximum absolute atomic E-state index is 5.84. The molecule has 3 nitrogen and oxygen atoms in total. The van der Waals surface area contributed by atoms with Crippen LogP contribution >= 0.6 is 8.60 Å². The number of benzene rings is 1. The number of rotatable bonds is 5. The van der Waals surface area contributed by atoms with Crippen molar-refractivity contribution in [3.8, 4) is 0 Å². The Hall–Kier alpha value is -0.470. The number of hydrogen-bond donors (Lipinski definition) is 0. The molecule has 4 heteroatoms. The fraction of sp³-hybridized carbons (Fsp3) is 0.600. The quantitative estimate of drug-likeness (QED) is 0.589. The minimum atomic E-state index is -1.20. The Bertz CT molecular complexity index is 387. The van der Waals surface area contributed by atoms with E-state index in [0.717, 1.165) is 12.8 Å². The average Bonchev–Trinajstić information content (AvgIpc) is 2.55. The first-order valence-electron chi connectivity index (χ1n) is 6.76. The monoisotopic (exact) mass is 282 g/mol. The summed E-state index contributed by atoms with van der Waals surface area (Å²) in [5, 5.41) is 0. The third-order valence-electron chi connectivity index (χ3n) is 3.70. The van der Waals surface area contributed by atoms with Gasteiger partial charge in [0.2, 0.25) is 0 Å². The van der Waals surface area contributed by atoms with Gasteiger partial charge in [-0.25, -0.2) is 0 Å². The van der Waals surface area contributed by atoms with Crippen molar-refractivity contribution in [2.45, 2.75) is 51.7 Å². The zero-order valence-corrected chi connectivity index (χ0v) is 13.1. The summed E-state index contributed by atoms with van der Waals surface area (Å²) in [4.78, 5) is 0. The molecule has 1 saturated heterocycles. The lowest BCUT2D eigenvalue weighted by Gasteiger charge is -2.29. The van der Waals surface area contributed by atoms with Gasteiger partial charge >= 0.3 is 8.60 Å². The van der Waals surface area contributed by atoms with Gasteiger partial charge in [0.1, 0.15) is 11.2 Å². The van der Waals surface area contributed by atoms with E-state index in [0.29, 0.717) is 6.61 Å². The minimum Gasteiger partial charge on any atom is -0.312 e. The summed E-state index contributed by atoms with van der Waals surface area (Å²) in [6.07, 6.45) is 2.01. The van der Waals surface area contributed by atoms with Crippen molar-refractivity contribution in [2.75, 3.05) is 6.61 Å². The van der Waals surface area contributed by atoms with E-state index in [1.807, 2.05) is 33.8 Å². The summed E-state index contributed by atoms with van der Waals surface area (Å²) in [5.74, 6) is 0. The molecule has 2 rings (SSSR count). The fourth-order valence-electron chi connectivity index (χ4n) is 1.72. The van der Waals surface area contributed by atoms with Gasteiger partial charge in [-0.15, -0.1) is 0 Å². The van der Waals surface area contributed by atoms with Crippen molar-refractivity contribution >= 4 is 8.60 Å². The molecule has 0 spiro atoms. The Labute approximate surface area is 117 Å². The minimum absolute atomic E-state index is 0.294. The maximum Gasteiger partial charge on any atom is 0.333 e. The molecular weight excluding hydrogens is 259 g/mol. The number of aryl methyl sites for hydroxylation is 1. The molecule has 0 bridgehead atoms. The summed E-state index contributed by atoms with van der Waals surface area (Å²) in [6.45, 7) is 8.85. The Balaban J connectivity index is 1.70. The molecule has 1 aliphatic rings. The van der Waals surface area contributed by atoms with Gasteiger partial charge in [0.15, 0.2) is 0 Å². The second kappa shape index (κ2) is 5.88. The largest absolute Gasteiger partial charge is 0.333 e. The lowest BCUT2D eigenvalue weighted by atomic mass is 9.90. The molecule has 1 aliphatic heterocycles. The van der Waals surface area contributed by atoms with E-state index in [1.165, 1.54) is 5.56 Å². The Morgan fingerprint density at radius 1 is 1.00 bits per heavy atom. The fourth-order valence-corrected chi connectivity index (χ4v) is 3.33. The van der Waals surface area contributed by atoms with Crippen LogP contribution in [-0.4, -0.2) is 17.8 Å². The third kappa shape index (κ3) is 3.76. The molecule has 0 saturated carbocycles. The molecule has 0 atom stereocenters. The van der Waals surface area contributed by atoms with Gasteiger partial charge in [0, 0.05) is 0 Å². The van der Waals surface area contributed by atoms with E-state index in [-0.39, 0.29) is 11.2 Å². The smallest absolute Gasteiger partial charge is 0.312 e. The van der Waals surface area contributed by atoms with Crippen LogP contribution in [-0.2, 0) is 20.0 Å². The highest BCUT2D eigenvalue weighted by molar-refractivity contribution is 7.42. The average molecular weight is 282 g/mol. The Morgan fingerprint density at radius 3 is 2.16 bits per heavy atom. The van der Waals surface area contributed by atoms with Gasteiger partial charge < -0.3 is 13.6 Å². The van der Waals surface area contributed by atoms with Crippen LogP contribution in [0.15, 0.2) is 30.3 Å². The zero-order valence-electron chi connectivity index (χ0n) is 12.2. The Kier molecular flexibility index (Phi) is 4.62. The van der Waals surface area contributed by atoms with Crippen LogP contribution in [0.3, 0.4) is 0 Å². The van der Waals surface area contributed by atoms with Gasteiger partial charge in [-0.3, -0.25) is 0 Å². The van der Waals surface area contributed by atoms with Gasteiger partial charge in [0.25, 0.3) is 0 Å². The van der Waals surface area contributed by atoms with Crippen molar-refractivity contribution in [2.24, 2.45) is 0 Å². The molecule has 1 aromatic carbocycles. The van der Waals surface area contributed by atoms with Gasteiger partial charge in [0.05, 0.1) is 6.61 Å². The Morgan fingerprint density at radius 2 is 1.58 bits per heavy atom. The van der Waals surface area contributed by atoms with Crippen LogP contribution in [0.25, 0.3) is 0 Å². The predicted molar refractivity (Wildman–Crippen MR) is 78.0 cm³/mol. The molecule has 0 aromatic heterocycles. The van der Waals surface area contributed by atoms with Crippen molar-refractivity contribution in [3.63, 3.8) is 0 Å². The zero-order chi connectivity index (χ0) is 13.9. The van der Waals surface area contributed by atoms with Crippen LogP contribution in [0.2, 0.25) is 0 Å². The third-order valence-corrected chi connectivity index (χ3v) is 5.31. The van der Waals surface area contributed by atoms with E-state index in [4.69, 9.17) is 13.6 Å². The molecule has 1 heterocycles. The van der Waals surface area contributed by atoms with E-state index >= 15 is 0 Å². The first kappa shape index (κ1) is 14.9. The van der Waals surface area contributed by atoms with E-state index in [2.05, 4.69) is 24.3 Å². The molecule has 19 heavy (non-hydrogen) atoms. The number of hydrogen-bond acceptors (Lipinski definition) is 3. The van der Waals surface area contributed by atoms with E-state index in [9.17, 15) is 0 Å². The topological polar surface area (TPSA) is 27.7 Å². The molecule has 1 fully saturated rings. The standard InChI is InChI=1S/C15H23O3P/c1-14(2)15(3,4)18-19(17-14)16-12-8-11-13-9-6-5-7-10-13/h5-7,9-10H,8,11-12H2,1-4H3. The lowest BCUT2D eigenvalue weighted by Crippen LogP contribution is -2.41. The van der Waals surface area contributed by atoms with Crippen LogP contribution in [0, 0.1) is 0 Å². The molecular formula is C15H23O3P. The SMILES string of the molecule is CC1(C)OP(OCCCc2ccccc2)OC1(C)C. The highest BCUT2D eigenvalue weighted by Crippen LogP contribution is 2.58. The van der Waals surface area contributed by atoms with Crippen LogP contribution in [0.5, 0.6) is 0 Å². The second-order valence-corrected chi connectivity index (χ2v) is 6.92. The molecule has 0 unspecified atom stereocenters. The summed E-state index contributed by atoms with van der Waals surface area (Å²) < 4.78 is 17.4.